The van der Waals surface area contributed by atoms with Crippen LogP contribution in [0.15, 0.2) is 0 Å². The summed E-state index contributed by atoms with van der Waals surface area (Å²) >= 11 is 0. The van der Waals surface area contributed by atoms with Gasteiger partial charge in [0.1, 0.15) is 0 Å². The lowest BCUT2D eigenvalue weighted by molar-refractivity contribution is -0.280. The minimum absolute atomic E-state index is 0.223. The molecule has 0 fully saturated rings. The largest absolute Gasteiger partial charge is 0.478 e. The van der Waals surface area contributed by atoms with Gasteiger partial charge in [-0.2, -0.15) is 13.2 Å². The van der Waals surface area contributed by atoms with Crippen LogP contribution in [0.1, 0.15) is 39.5 Å². The summed E-state index contributed by atoms with van der Waals surface area (Å²) in [6, 6.07) is 0. The maximum Gasteiger partial charge on any atom is 0.448 e. The SMILES string of the molecule is CCCCN(CCCC)[C@](F)(C(=O)O)C(F)(F)F. The van der Waals surface area contributed by atoms with Crippen molar-refractivity contribution in [1.82, 2.24) is 4.90 Å². The standard InChI is InChI=1S/C11H19F4NO2/c1-3-5-7-16(8-6-4-2)10(12,9(17)18)11(13,14)15/h3-8H2,1-2H3,(H,17,18)/t10-/m1/s1. The minimum atomic E-state index is -5.44. The molecular weight excluding hydrogens is 254 g/mol. The average molecular weight is 273 g/mol. The molecule has 1 atom stereocenters. The van der Waals surface area contributed by atoms with Crippen LogP contribution in [-0.4, -0.2) is 41.0 Å². The second-order valence-electron chi connectivity index (χ2n) is 4.12. The Balaban J connectivity index is 5.14. The van der Waals surface area contributed by atoms with Gasteiger partial charge in [0.05, 0.1) is 0 Å². The fraction of sp³-hybridized carbons (Fsp3) is 0.909. The number of hydrogen-bond acceptors (Lipinski definition) is 2. The fourth-order valence-electron chi connectivity index (χ4n) is 1.55. The molecule has 0 aliphatic heterocycles. The van der Waals surface area contributed by atoms with E-state index < -0.39 is 17.9 Å². The van der Waals surface area contributed by atoms with Crippen LogP contribution in [-0.2, 0) is 4.79 Å². The highest BCUT2D eigenvalue weighted by Gasteiger charge is 2.65. The van der Waals surface area contributed by atoms with Gasteiger partial charge in [0.15, 0.2) is 0 Å². The molecule has 0 saturated carbocycles. The van der Waals surface area contributed by atoms with E-state index in [0.29, 0.717) is 30.6 Å². The van der Waals surface area contributed by atoms with Crippen molar-refractivity contribution in [2.45, 2.75) is 51.5 Å². The Morgan fingerprint density at radius 3 is 1.67 bits per heavy atom. The molecule has 0 aromatic heterocycles. The molecule has 108 valence electrons. The quantitative estimate of drug-likeness (QED) is 0.545. The predicted octanol–water partition coefficient (Wildman–Crippen LogP) is 3.20. The molecule has 0 aliphatic carbocycles. The molecule has 0 bridgehead atoms. The zero-order valence-corrected chi connectivity index (χ0v) is 10.6. The van der Waals surface area contributed by atoms with Gasteiger partial charge in [0.25, 0.3) is 0 Å². The van der Waals surface area contributed by atoms with Crippen molar-refractivity contribution in [2.24, 2.45) is 0 Å². The third kappa shape index (κ3) is 3.83. The van der Waals surface area contributed by atoms with Crippen molar-refractivity contribution in [3.63, 3.8) is 0 Å². The van der Waals surface area contributed by atoms with Crippen LogP contribution in [0.3, 0.4) is 0 Å². The second kappa shape index (κ2) is 6.92. The van der Waals surface area contributed by atoms with E-state index in [-0.39, 0.29) is 13.1 Å². The van der Waals surface area contributed by atoms with Crippen molar-refractivity contribution >= 4 is 5.97 Å². The van der Waals surface area contributed by atoms with Crippen molar-refractivity contribution in [3.8, 4) is 0 Å². The van der Waals surface area contributed by atoms with Gasteiger partial charge in [0, 0.05) is 13.1 Å². The van der Waals surface area contributed by atoms with Crippen molar-refractivity contribution < 1.29 is 27.5 Å². The lowest BCUT2D eigenvalue weighted by Crippen LogP contribution is -2.61. The molecule has 7 heteroatoms. The normalized spacial score (nSPS) is 15.7. The number of halogens is 4. The number of carboxylic acids is 1. The Bertz CT molecular complexity index is 262. The predicted molar refractivity (Wildman–Crippen MR) is 58.9 cm³/mol. The average Bonchev–Trinajstić information content (AvgIpc) is 2.26. The summed E-state index contributed by atoms with van der Waals surface area (Å²) in [6.07, 6.45) is -3.68. The lowest BCUT2D eigenvalue weighted by Gasteiger charge is -2.35. The van der Waals surface area contributed by atoms with Crippen LogP contribution < -0.4 is 0 Å². The number of carbonyl (C=O) groups is 1. The zero-order chi connectivity index (χ0) is 14.4. The first-order valence-electron chi connectivity index (χ1n) is 5.95. The van der Waals surface area contributed by atoms with Gasteiger partial charge in [-0.3, -0.25) is 4.90 Å². The van der Waals surface area contributed by atoms with Crippen LogP contribution in [0.4, 0.5) is 17.6 Å². The summed E-state index contributed by atoms with van der Waals surface area (Å²) in [4.78, 5) is 11.1. The van der Waals surface area contributed by atoms with Crippen LogP contribution in [0, 0.1) is 0 Å². The summed E-state index contributed by atoms with van der Waals surface area (Å²) in [6.45, 7) is 3.04. The first-order chi connectivity index (χ1) is 8.21. The molecule has 0 spiro atoms. The molecule has 0 rings (SSSR count). The van der Waals surface area contributed by atoms with Gasteiger partial charge in [0.2, 0.25) is 0 Å². The van der Waals surface area contributed by atoms with Gasteiger partial charge >= 0.3 is 17.9 Å². The lowest BCUT2D eigenvalue weighted by atomic mass is 10.1. The summed E-state index contributed by atoms with van der Waals surface area (Å²) in [5.74, 6) is -6.79. The fourth-order valence-corrected chi connectivity index (χ4v) is 1.55. The molecule has 0 aliphatic rings. The molecule has 0 aromatic carbocycles. The zero-order valence-electron chi connectivity index (χ0n) is 10.6. The summed E-state index contributed by atoms with van der Waals surface area (Å²) < 4.78 is 51.9. The monoisotopic (exact) mass is 273 g/mol. The Kier molecular flexibility index (Phi) is 6.59. The number of nitrogens with zero attached hydrogens (tertiary/aromatic N) is 1. The number of rotatable bonds is 8. The third-order valence-corrected chi connectivity index (χ3v) is 2.66. The Labute approximate surface area is 104 Å². The highest BCUT2D eigenvalue weighted by atomic mass is 19.4. The van der Waals surface area contributed by atoms with E-state index in [0.717, 1.165) is 0 Å². The number of hydrogen-bond donors (Lipinski definition) is 1. The van der Waals surface area contributed by atoms with Crippen LogP contribution in [0.25, 0.3) is 0 Å². The van der Waals surface area contributed by atoms with Gasteiger partial charge < -0.3 is 5.11 Å². The van der Waals surface area contributed by atoms with Gasteiger partial charge in [-0.15, -0.1) is 0 Å². The molecule has 0 unspecified atom stereocenters. The number of aliphatic carboxylic acids is 1. The van der Waals surface area contributed by atoms with Crippen molar-refractivity contribution in [1.29, 1.82) is 0 Å². The van der Waals surface area contributed by atoms with E-state index in [1.54, 1.807) is 13.8 Å². The maximum atomic E-state index is 13.9. The summed E-state index contributed by atoms with van der Waals surface area (Å²) in [5.41, 5.74) is 0. The van der Waals surface area contributed by atoms with E-state index >= 15 is 0 Å². The highest BCUT2D eigenvalue weighted by Crippen LogP contribution is 2.37. The Hall–Kier alpha value is -0.850. The molecular formula is C11H19F4NO2. The highest BCUT2D eigenvalue weighted by molar-refractivity contribution is 5.77. The summed E-state index contributed by atoms with van der Waals surface area (Å²) in [7, 11) is 0. The van der Waals surface area contributed by atoms with Crippen molar-refractivity contribution in [3.05, 3.63) is 0 Å². The number of alkyl halides is 4. The minimum Gasteiger partial charge on any atom is -0.478 e. The second-order valence-corrected chi connectivity index (χ2v) is 4.12. The molecule has 0 aromatic rings. The van der Waals surface area contributed by atoms with E-state index in [1.165, 1.54) is 0 Å². The van der Waals surface area contributed by atoms with E-state index in [4.69, 9.17) is 5.11 Å². The van der Waals surface area contributed by atoms with E-state index in [2.05, 4.69) is 0 Å². The van der Waals surface area contributed by atoms with Gasteiger partial charge in [-0.1, -0.05) is 26.7 Å². The third-order valence-electron chi connectivity index (χ3n) is 2.66. The van der Waals surface area contributed by atoms with Crippen LogP contribution >= 0.6 is 0 Å². The van der Waals surface area contributed by atoms with Crippen LogP contribution in [0.5, 0.6) is 0 Å². The molecule has 1 N–H and O–H groups in total. The van der Waals surface area contributed by atoms with Gasteiger partial charge in [-0.25, -0.2) is 9.18 Å². The maximum absolute atomic E-state index is 13.9. The first kappa shape index (κ1) is 17.2. The number of unbranched alkanes of at least 4 members (excludes halogenated alkanes) is 2. The smallest absolute Gasteiger partial charge is 0.448 e. The van der Waals surface area contributed by atoms with Crippen LogP contribution in [0.2, 0.25) is 0 Å². The molecule has 0 amide bonds. The molecule has 3 nitrogen and oxygen atoms in total. The number of carboxylic acid groups (broad SMARTS) is 1. The van der Waals surface area contributed by atoms with E-state index in [1.807, 2.05) is 0 Å². The van der Waals surface area contributed by atoms with Gasteiger partial charge in [-0.05, 0) is 12.8 Å². The van der Waals surface area contributed by atoms with E-state index in [9.17, 15) is 22.4 Å². The summed E-state index contributed by atoms with van der Waals surface area (Å²) in [5, 5.41) is 8.60. The Morgan fingerprint density at radius 2 is 1.44 bits per heavy atom. The molecule has 0 heterocycles. The topological polar surface area (TPSA) is 40.5 Å². The molecule has 18 heavy (non-hydrogen) atoms. The Morgan fingerprint density at radius 1 is 1.06 bits per heavy atom. The molecule has 0 radical (unpaired) electrons. The van der Waals surface area contributed by atoms with Crippen molar-refractivity contribution in [2.75, 3.05) is 13.1 Å². The first-order valence-corrected chi connectivity index (χ1v) is 5.95. The molecule has 0 saturated heterocycles.